The van der Waals surface area contributed by atoms with Crippen molar-refractivity contribution < 1.29 is 19.0 Å². The van der Waals surface area contributed by atoms with Gasteiger partial charge < -0.3 is 24.8 Å². The van der Waals surface area contributed by atoms with Crippen molar-refractivity contribution >= 4 is 29.2 Å². The molecule has 2 heterocycles. The maximum absolute atomic E-state index is 12.4. The first-order valence-corrected chi connectivity index (χ1v) is 10.6. The van der Waals surface area contributed by atoms with Crippen LogP contribution in [0.4, 0.5) is 17.2 Å². The van der Waals surface area contributed by atoms with Crippen LogP contribution in [-0.2, 0) is 4.79 Å². The zero-order valence-electron chi connectivity index (χ0n) is 19.4. The summed E-state index contributed by atoms with van der Waals surface area (Å²) in [5.74, 6) is 2.50. The van der Waals surface area contributed by atoms with Gasteiger partial charge in [-0.3, -0.25) is 4.79 Å². The van der Waals surface area contributed by atoms with E-state index >= 15 is 0 Å². The van der Waals surface area contributed by atoms with E-state index in [1.807, 2.05) is 18.2 Å². The molecule has 4 aromatic rings. The van der Waals surface area contributed by atoms with Crippen LogP contribution in [0.15, 0.2) is 73.3 Å². The summed E-state index contributed by atoms with van der Waals surface area (Å²) < 4.78 is 17.7. The van der Waals surface area contributed by atoms with Crippen molar-refractivity contribution in [2.45, 2.75) is 0 Å². The second kappa shape index (κ2) is 10.8. The molecule has 0 radical (unpaired) electrons. The first kappa shape index (κ1) is 23.3. The summed E-state index contributed by atoms with van der Waals surface area (Å²) in [6, 6.07) is 14.4. The van der Waals surface area contributed by atoms with Crippen molar-refractivity contribution in [2.75, 3.05) is 32.0 Å². The summed E-state index contributed by atoms with van der Waals surface area (Å²) in [6.07, 6.45) is 8.06. The maximum atomic E-state index is 12.4. The molecule has 178 valence electrons. The first-order chi connectivity index (χ1) is 17.1. The van der Waals surface area contributed by atoms with Gasteiger partial charge in [0.25, 0.3) is 0 Å². The molecule has 0 aliphatic carbocycles. The van der Waals surface area contributed by atoms with Crippen molar-refractivity contribution in [1.29, 1.82) is 0 Å². The monoisotopic (exact) mass is 472 g/mol. The van der Waals surface area contributed by atoms with Gasteiger partial charge in [-0.1, -0.05) is 0 Å². The molecule has 1 amide bonds. The van der Waals surface area contributed by atoms with Gasteiger partial charge in [0, 0.05) is 35.9 Å². The van der Waals surface area contributed by atoms with Gasteiger partial charge in [-0.2, -0.15) is 5.10 Å². The minimum atomic E-state index is -0.279. The van der Waals surface area contributed by atoms with Crippen molar-refractivity contribution in [3.63, 3.8) is 0 Å². The van der Waals surface area contributed by atoms with Crippen molar-refractivity contribution in [3.8, 4) is 23.1 Å². The molecule has 0 unspecified atom stereocenters. The number of nitrogens with zero attached hydrogens (tertiary/aromatic N) is 4. The van der Waals surface area contributed by atoms with Crippen LogP contribution < -0.4 is 24.8 Å². The molecule has 0 bridgehead atoms. The van der Waals surface area contributed by atoms with Crippen LogP contribution in [0, 0.1) is 0 Å². The summed E-state index contributed by atoms with van der Waals surface area (Å²) in [6.45, 7) is 0. The summed E-state index contributed by atoms with van der Waals surface area (Å²) in [5, 5.41) is 10.2. The average molecular weight is 473 g/mol. The van der Waals surface area contributed by atoms with Crippen molar-refractivity contribution in [2.24, 2.45) is 0 Å². The van der Waals surface area contributed by atoms with Crippen LogP contribution in [0.5, 0.6) is 17.2 Å². The summed E-state index contributed by atoms with van der Waals surface area (Å²) in [7, 11) is 4.62. The molecular weight excluding hydrogens is 448 g/mol. The average Bonchev–Trinajstić information content (AvgIpc) is 3.43. The number of hydrogen-bond donors (Lipinski definition) is 2. The molecule has 0 atom stereocenters. The van der Waals surface area contributed by atoms with E-state index in [1.165, 1.54) is 19.5 Å². The van der Waals surface area contributed by atoms with Crippen LogP contribution >= 0.6 is 0 Å². The lowest BCUT2D eigenvalue weighted by Gasteiger charge is -2.12. The van der Waals surface area contributed by atoms with E-state index in [-0.39, 0.29) is 5.91 Å². The van der Waals surface area contributed by atoms with Crippen LogP contribution in [0.1, 0.15) is 5.56 Å². The van der Waals surface area contributed by atoms with Crippen molar-refractivity contribution in [1.82, 2.24) is 19.7 Å². The van der Waals surface area contributed by atoms with Gasteiger partial charge in [0.15, 0.2) is 17.3 Å². The van der Waals surface area contributed by atoms with E-state index in [0.717, 1.165) is 11.3 Å². The molecular formula is C25H24N6O4. The van der Waals surface area contributed by atoms with E-state index in [2.05, 4.69) is 25.7 Å². The summed E-state index contributed by atoms with van der Waals surface area (Å²) in [5.41, 5.74) is 2.18. The number of amides is 1. The van der Waals surface area contributed by atoms with E-state index in [1.54, 1.807) is 67.7 Å². The fraction of sp³-hybridized carbons (Fsp3) is 0.120. The van der Waals surface area contributed by atoms with E-state index < -0.39 is 0 Å². The highest BCUT2D eigenvalue weighted by Gasteiger charge is 2.12. The minimum absolute atomic E-state index is 0.279. The van der Waals surface area contributed by atoms with E-state index in [0.29, 0.717) is 34.6 Å². The molecule has 35 heavy (non-hydrogen) atoms. The Labute approximate surface area is 202 Å². The van der Waals surface area contributed by atoms with Crippen LogP contribution in [0.3, 0.4) is 0 Å². The van der Waals surface area contributed by atoms with E-state index in [4.69, 9.17) is 14.2 Å². The van der Waals surface area contributed by atoms with Gasteiger partial charge in [0.2, 0.25) is 11.7 Å². The first-order valence-electron chi connectivity index (χ1n) is 10.6. The number of anilines is 3. The number of hydrogen-bond acceptors (Lipinski definition) is 8. The summed E-state index contributed by atoms with van der Waals surface area (Å²) >= 11 is 0. The number of methoxy groups -OCH3 is 3. The standard InChI is InChI=1S/C25H24N6O4/c1-33-20-13-17(14-21(34-2)25(20)35-3)5-10-24(32)30-19-8-6-18(7-9-19)29-22-15-23(27-16-26-22)31-12-4-11-28-31/h4-16H,1-3H3,(H,30,32)(H,26,27,29)/b10-5+. The Kier molecular flexibility index (Phi) is 7.22. The Morgan fingerprint density at radius 1 is 0.943 bits per heavy atom. The molecule has 0 saturated carbocycles. The number of aromatic nitrogens is 4. The topological polar surface area (TPSA) is 112 Å². The van der Waals surface area contributed by atoms with Crippen LogP contribution in [-0.4, -0.2) is 47.0 Å². The molecule has 0 spiro atoms. The molecule has 0 fully saturated rings. The highest BCUT2D eigenvalue weighted by Crippen LogP contribution is 2.38. The van der Waals surface area contributed by atoms with Crippen molar-refractivity contribution in [3.05, 3.63) is 78.9 Å². The third-order valence-electron chi connectivity index (χ3n) is 4.93. The van der Waals surface area contributed by atoms with E-state index in [9.17, 15) is 4.79 Å². The number of rotatable bonds is 9. The lowest BCUT2D eigenvalue weighted by Crippen LogP contribution is -2.07. The molecule has 0 aliphatic heterocycles. The normalized spacial score (nSPS) is 10.7. The highest BCUT2D eigenvalue weighted by atomic mass is 16.5. The molecule has 2 N–H and O–H groups in total. The Morgan fingerprint density at radius 2 is 1.66 bits per heavy atom. The molecule has 4 rings (SSSR count). The van der Waals surface area contributed by atoms with Gasteiger partial charge in [0.1, 0.15) is 12.1 Å². The molecule has 0 aliphatic rings. The molecule has 0 saturated heterocycles. The predicted octanol–water partition coefficient (Wildman–Crippen LogP) is 4.08. The van der Waals surface area contributed by atoms with Gasteiger partial charge in [-0.15, -0.1) is 0 Å². The molecule has 10 heteroatoms. The maximum Gasteiger partial charge on any atom is 0.248 e. The Hall–Kier alpha value is -4.86. The fourth-order valence-corrected chi connectivity index (χ4v) is 3.28. The minimum Gasteiger partial charge on any atom is -0.493 e. The van der Waals surface area contributed by atoms with Gasteiger partial charge in [0.05, 0.1) is 21.3 Å². The second-order valence-corrected chi connectivity index (χ2v) is 7.20. The Balaban J connectivity index is 1.39. The third kappa shape index (κ3) is 5.74. The lowest BCUT2D eigenvalue weighted by molar-refractivity contribution is -0.111. The lowest BCUT2D eigenvalue weighted by atomic mass is 10.1. The second-order valence-electron chi connectivity index (χ2n) is 7.20. The number of ether oxygens (including phenoxy) is 3. The SMILES string of the molecule is COc1cc(/C=C/C(=O)Nc2ccc(Nc3cc(-n4cccn4)ncn3)cc2)cc(OC)c1OC. The highest BCUT2D eigenvalue weighted by molar-refractivity contribution is 6.02. The third-order valence-corrected chi connectivity index (χ3v) is 4.93. The zero-order chi connectivity index (χ0) is 24.6. The van der Waals surface area contributed by atoms with Crippen LogP contribution in [0.25, 0.3) is 11.9 Å². The van der Waals surface area contributed by atoms with Gasteiger partial charge in [-0.05, 0) is 54.1 Å². The van der Waals surface area contributed by atoms with Gasteiger partial charge >= 0.3 is 0 Å². The molecule has 2 aromatic carbocycles. The number of carbonyl (C=O) groups excluding carboxylic acids is 1. The molecule has 10 nitrogen and oxygen atoms in total. The number of nitrogens with one attached hydrogen (secondary N) is 2. The van der Waals surface area contributed by atoms with Crippen LogP contribution in [0.2, 0.25) is 0 Å². The van der Waals surface area contributed by atoms with Gasteiger partial charge in [-0.25, -0.2) is 14.6 Å². The number of benzene rings is 2. The molecule has 2 aromatic heterocycles. The Bertz CT molecular complexity index is 1300. The smallest absolute Gasteiger partial charge is 0.248 e. The summed E-state index contributed by atoms with van der Waals surface area (Å²) in [4.78, 5) is 20.9. The number of carbonyl (C=O) groups is 1. The Morgan fingerprint density at radius 3 is 2.29 bits per heavy atom. The largest absolute Gasteiger partial charge is 0.493 e. The fourth-order valence-electron chi connectivity index (χ4n) is 3.28. The predicted molar refractivity (Wildman–Crippen MR) is 133 cm³/mol. The quantitative estimate of drug-likeness (QED) is 0.351. The zero-order valence-corrected chi connectivity index (χ0v) is 19.4.